The molecule has 2 heterocycles. The maximum absolute atomic E-state index is 13.4. The molecule has 0 bridgehead atoms. The van der Waals surface area contributed by atoms with Crippen LogP contribution < -0.4 is 5.56 Å². The number of nitrogens with zero attached hydrogens (tertiary/aromatic N) is 2. The smallest absolute Gasteiger partial charge is 0.279 e. The topological polar surface area (TPSA) is 50.7 Å². The highest BCUT2D eigenvalue weighted by Gasteiger charge is 2.19. The van der Waals surface area contributed by atoms with Gasteiger partial charge in [-0.05, 0) is 31.2 Å². The molecule has 0 radical (unpaired) electrons. The van der Waals surface area contributed by atoms with Crippen LogP contribution in [-0.2, 0) is 0 Å². The highest BCUT2D eigenvalue weighted by atomic mass is 16.1. The van der Waals surface area contributed by atoms with Gasteiger partial charge in [0.1, 0.15) is 0 Å². The summed E-state index contributed by atoms with van der Waals surface area (Å²) in [6.07, 6.45) is 0. The molecule has 5 aromatic rings. The lowest BCUT2D eigenvalue weighted by molar-refractivity contribution is 0.835. The molecule has 0 aliphatic heterocycles. The van der Waals surface area contributed by atoms with Crippen molar-refractivity contribution in [2.75, 3.05) is 0 Å². The summed E-state index contributed by atoms with van der Waals surface area (Å²) in [5, 5.41) is 5.20. The van der Waals surface area contributed by atoms with Crippen molar-refractivity contribution in [2.45, 2.75) is 6.92 Å². The predicted molar refractivity (Wildman–Crippen MR) is 109 cm³/mol. The first-order valence-corrected chi connectivity index (χ1v) is 8.89. The molecule has 0 unspecified atom stereocenters. The Morgan fingerprint density at radius 2 is 1.30 bits per heavy atom. The summed E-state index contributed by atoms with van der Waals surface area (Å²) < 4.78 is 1.61. The van der Waals surface area contributed by atoms with Gasteiger partial charge in [0.15, 0.2) is 0 Å². The van der Waals surface area contributed by atoms with E-state index >= 15 is 0 Å². The molecule has 0 aliphatic carbocycles. The third-order valence-electron chi connectivity index (χ3n) is 4.92. The van der Waals surface area contributed by atoms with Crippen molar-refractivity contribution in [2.24, 2.45) is 0 Å². The van der Waals surface area contributed by atoms with E-state index in [2.05, 4.69) is 5.10 Å². The normalized spacial score (nSPS) is 11.3. The number of rotatable bonds is 2. The number of para-hydroxylation sites is 3. The first-order chi connectivity index (χ1) is 13.2. The lowest BCUT2D eigenvalue weighted by atomic mass is 9.96. The molecule has 4 heteroatoms. The van der Waals surface area contributed by atoms with Gasteiger partial charge in [0.05, 0.1) is 22.3 Å². The monoisotopic (exact) mass is 351 g/mol. The lowest BCUT2D eigenvalue weighted by Crippen LogP contribution is -2.15. The fourth-order valence-corrected chi connectivity index (χ4v) is 3.71. The molecule has 3 aromatic carbocycles. The van der Waals surface area contributed by atoms with Crippen molar-refractivity contribution < 1.29 is 0 Å². The number of H-pyrrole nitrogens is 1. The number of hydrogen-bond acceptors (Lipinski definition) is 2. The van der Waals surface area contributed by atoms with Crippen molar-refractivity contribution in [3.05, 3.63) is 94.9 Å². The predicted octanol–water partition coefficient (Wildman–Crippen LogP) is 4.84. The van der Waals surface area contributed by atoms with Crippen molar-refractivity contribution in [3.63, 3.8) is 0 Å². The molecule has 0 atom stereocenters. The molecule has 2 aromatic heterocycles. The number of pyridine rings is 1. The van der Waals surface area contributed by atoms with Crippen LogP contribution in [0.2, 0.25) is 0 Å². The number of aromatic amines is 1. The maximum Gasteiger partial charge on any atom is 0.279 e. The van der Waals surface area contributed by atoms with Gasteiger partial charge < -0.3 is 0 Å². The number of aryl methyl sites for hydroxylation is 1. The van der Waals surface area contributed by atoms with Crippen LogP contribution in [0.4, 0.5) is 0 Å². The lowest BCUT2D eigenvalue weighted by Gasteiger charge is -2.09. The molecular formula is C23H17N3O. The largest absolute Gasteiger partial charge is 0.295 e. The van der Waals surface area contributed by atoms with Crippen LogP contribution in [0.25, 0.3) is 38.6 Å². The fraction of sp³-hybridized carbons (Fsp3) is 0.0435. The van der Waals surface area contributed by atoms with Gasteiger partial charge in [0.2, 0.25) is 0 Å². The molecule has 0 saturated carbocycles. The second-order valence-electron chi connectivity index (χ2n) is 6.61. The first-order valence-electron chi connectivity index (χ1n) is 8.89. The molecule has 0 fully saturated rings. The zero-order valence-electron chi connectivity index (χ0n) is 14.8. The Morgan fingerprint density at radius 1 is 0.741 bits per heavy atom. The van der Waals surface area contributed by atoms with Crippen molar-refractivity contribution in [1.29, 1.82) is 0 Å². The Bertz CT molecular complexity index is 1290. The third kappa shape index (κ3) is 2.38. The van der Waals surface area contributed by atoms with E-state index in [-0.39, 0.29) is 5.56 Å². The Kier molecular flexibility index (Phi) is 3.44. The number of fused-ring (bicyclic) bond motifs is 2. The van der Waals surface area contributed by atoms with Crippen molar-refractivity contribution in [3.8, 4) is 16.8 Å². The van der Waals surface area contributed by atoms with Gasteiger partial charge in [-0.25, -0.2) is 9.67 Å². The van der Waals surface area contributed by atoms with E-state index in [1.807, 2.05) is 85.8 Å². The maximum atomic E-state index is 13.4. The van der Waals surface area contributed by atoms with Gasteiger partial charge in [-0.15, -0.1) is 0 Å². The Balaban J connectivity index is 1.92. The zero-order chi connectivity index (χ0) is 18.4. The summed E-state index contributed by atoms with van der Waals surface area (Å²) >= 11 is 0. The molecule has 1 N–H and O–H groups in total. The second-order valence-corrected chi connectivity index (χ2v) is 6.61. The van der Waals surface area contributed by atoms with E-state index < -0.39 is 0 Å². The van der Waals surface area contributed by atoms with Gasteiger partial charge in [0, 0.05) is 22.0 Å². The Hall–Kier alpha value is -3.66. The van der Waals surface area contributed by atoms with Gasteiger partial charge in [-0.2, -0.15) is 0 Å². The minimum atomic E-state index is -0.0554. The van der Waals surface area contributed by atoms with E-state index in [1.165, 1.54) is 0 Å². The summed E-state index contributed by atoms with van der Waals surface area (Å²) in [7, 11) is 0. The van der Waals surface area contributed by atoms with Crippen LogP contribution in [0, 0.1) is 6.92 Å². The van der Waals surface area contributed by atoms with Gasteiger partial charge in [-0.3, -0.25) is 9.89 Å². The number of benzene rings is 3. The first kappa shape index (κ1) is 15.6. The summed E-state index contributed by atoms with van der Waals surface area (Å²) in [5.41, 5.74) is 5.00. The van der Waals surface area contributed by atoms with E-state index in [1.54, 1.807) is 4.68 Å². The van der Waals surface area contributed by atoms with E-state index in [0.717, 1.165) is 38.8 Å². The average molecular weight is 351 g/mol. The minimum absolute atomic E-state index is 0.0554. The number of hydrogen-bond donors (Lipinski definition) is 1. The van der Waals surface area contributed by atoms with E-state index in [4.69, 9.17) is 4.98 Å². The third-order valence-corrected chi connectivity index (χ3v) is 4.92. The zero-order valence-corrected chi connectivity index (χ0v) is 14.8. The second kappa shape index (κ2) is 5.95. The number of aromatic nitrogens is 3. The minimum Gasteiger partial charge on any atom is -0.295 e. The average Bonchev–Trinajstić information content (AvgIpc) is 3.01. The van der Waals surface area contributed by atoms with Crippen molar-refractivity contribution >= 4 is 21.8 Å². The molecule has 0 amide bonds. The molecule has 0 spiro atoms. The van der Waals surface area contributed by atoms with Crippen LogP contribution in [0.3, 0.4) is 0 Å². The summed E-state index contributed by atoms with van der Waals surface area (Å²) in [6.45, 7) is 1.94. The van der Waals surface area contributed by atoms with Gasteiger partial charge in [0.25, 0.3) is 5.56 Å². The van der Waals surface area contributed by atoms with Gasteiger partial charge >= 0.3 is 0 Å². The summed E-state index contributed by atoms with van der Waals surface area (Å²) in [6, 6.07) is 25.6. The Morgan fingerprint density at radius 3 is 1.93 bits per heavy atom. The standard InChI is InChI=1S/C23H17N3O/c1-15-21(23(27)26(25-15)16-9-3-2-4-10-16)22-17-11-5-7-13-19(17)24-20-14-8-6-12-18(20)22/h2-14,25H,1H3. The van der Waals surface area contributed by atoms with E-state index in [9.17, 15) is 4.79 Å². The molecule has 4 nitrogen and oxygen atoms in total. The molecule has 130 valence electrons. The molecule has 5 rings (SSSR count). The van der Waals surface area contributed by atoms with Crippen molar-refractivity contribution in [1.82, 2.24) is 14.8 Å². The summed E-state index contributed by atoms with van der Waals surface area (Å²) in [4.78, 5) is 18.2. The molecule has 27 heavy (non-hydrogen) atoms. The SMILES string of the molecule is Cc1[nH]n(-c2ccccc2)c(=O)c1-c1c2ccccc2nc2ccccc12. The van der Waals surface area contributed by atoms with Crippen LogP contribution in [0.15, 0.2) is 83.7 Å². The van der Waals surface area contributed by atoms with Crippen LogP contribution >= 0.6 is 0 Å². The summed E-state index contributed by atoms with van der Waals surface area (Å²) in [5.74, 6) is 0. The van der Waals surface area contributed by atoms with Crippen LogP contribution in [-0.4, -0.2) is 14.8 Å². The molecule has 0 saturated heterocycles. The van der Waals surface area contributed by atoms with Crippen LogP contribution in [0.1, 0.15) is 5.69 Å². The quantitative estimate of drug-likeness (QED) is 0.463. The number of nitrogens with one attached hydrogen (secondary N) is 1. The Labute approximate surface area is 155 Å². The highest BCUT2D eigenvalue weighted by Crippen LogP contribution is 2.34. The van der Waals surface area contributed by atoms with E-state index in [0.29, 0.717) is 5.56 Å². The molecular weight excluding hydrogens is 334 g/mol. The van der Waals surface area contributed by atoms with Crippen LogP contribution in [0.5, 0.6) is 0 Å². The van der Waals surface area contributed by atoms with Gasteiger partial charge in [-0.1, -0.05) is 54.6 Å². The highest BCUT2D eigenvalue weighted by molar-refractivity contribution is 6.09. The fourth-order valence-electron chi connectivity index (χ4n) is 3.71. The molecule has 0 aliphatic rings.